The molecule has 9 rings (SSSR count). The number of carbonyl (C=O) groups is 10. The number of carbonyl (C=O) groups excluding carboxylic acids is 10. The Balaban J connectivity index is 1.03. The highest BCUT2D eigenvalue weighted by atomic mass is 32.2. The molecule has 2 bridgehead atoms. The highest BCUT2D eigenvalue weighted by Crippen LogP contribution is 2.35. The number of amides is 9. The van der Waals surface area contributed by atoms with Crippen LogP contribution in [0.5, 0.6) is 5.75 Å². The van der Waals surface area contributed by atoms with E-state index in [0.29, 0.717) is 82.7 Å². The maximum atomic E-state index is 15.4. The van der Waals surface area contributed by atoms with Gasteiger partial charge in [-0.25, -0.2) is 8.78 Å². The molecule has 0 saturated carbocycles. The molecule has 0 spiro atoms. The predicted octanol–water partition coefficient (Wildman–Crippen LogP) is 4.02. The molecule has 2 saturated heterocycles. The molecule has 1 aliphatic carbocycles. The molecule has 3 aliphatic heterocycles. The number of aromatic nitrogens is 1. The van der Waals surface area contributed by atoms with Gasteiger partial charge in [-0.1, -0.05) is 48.5 Å². The number of primary amides is 1. The van der Waals surface area contributed by atoms with Crippen molar-refractivity contribution in [2.24, 2.45) is 17.4 Å². The zero-order valence-electron chi connectivity index (χ0n) is 54.3. The van der Waals surface area contributed by atoms with Crippen molar-refractivity contribution in [2.45, 2.75) is 157 Å². The molecule has 0 radical (unpaired) electrons. The number of phenols is 1. The van der Waals surface area contributed by atoms with Gasteiger partial charge in [0.25, 0.3) is 0 Å². The van der Waals surface area contributed by atoms with Gasteiger partial charge in [-0.15, -0.1) is 0 Å². The Hall–Kier alpha value is -8.66. The van der Waals surface area contributed by atoms with Gasteiger partial charge in [0.1, 0.15) is 59.2 Å². The quantitative estimate of drug-likeness (QED) is 0.0786. The molecule has 1 aromatic heterocycles. The van der Waals surface area contributed by atoms with Crippen LogP contribution in [0.2, 0.25) is 0 Å². The summed E-state index contributed by atoms with van der Waals surface area (Å²) in [6, 6.07) is 13.6. The maximum absolute atomic E-state index is 15.4. The number of aliphatic hydroxyl groups excluding tert-OH is 1. The number of Topliss-reactive ketones (excluding diaryl/α,β-unsaturated/α-hetero) is 1. The number of thioether (sulfide) groups is 2. The topological polar surface area (TPSA) is 358 Å². The summed E-state index contributed by atoms with van der Waals surface area (Å²) < 4.78 is 29.9. The zero-order valence-corrected chi connectivity index (χ0v) is 55.9. The monoisotopic (exact) mass is 1370 g/mol. The molecule has 23 nitrogen and oxygen atoms in total. The van der Waals surface area contributed by atoms with Crippen LogP contribution in [-0.2, 0) is 78.7 Å². The minimum Gasteiger partial charge on any atom is -0.508 e. The molecule has 4 heterocycles. The molecule has 518 valence electrons. The van der Waals surface area contributed by atoms with Crippen LogP contribution in [-0.4, -0.2) is 170 Å². The summed E-state index contributed by atoms with van der Waals surface area (Å²) in [5, 5.41) is 38.4. The highest BCUT2D eigenvalue weighted by molar-refractivity contribution is 7.98. The summed E-state index contributed by atoms with van der Waals surface area (Å²) in [5.74, 6) is -8.34. The lowest BCUT2D eigenvalue weighted by molar-refractivity contribution is -0.147. The lowest BCUT2D eigenvalue weighted by Gasteiger charge is -2.37. The first-order chi connectivity index (χ1) is 46.5. The third-order valence-electron chi connectivity index (χ3n) is 18.3. The number of rotatable bonds is 12. The molecule has 4 aromatic carbocycles. The third-order valence-corrected chi connectivity index (χ3v) is 20.5. The van der Waals surface area contributed by atoms with Gasteiger partial charge in [0.2, 0.25) is 53.2 Å². The number of nitrogens with zero attached hydrogens (tertiary/aromatic N) is 2. The second kappa shape index (κ2) is 33.5. The molecule has 0 unspecified atom stereocenters. The lowest BCUT2D eigenvalue weighted by Crippen LogP contribution is -2.64. The van der Waals surface area contributed by atoms with Gasteiger partial charge < -0.3 is 68.4 Å². The number of benzene rings is 4. The maximum Gasteiger partial charge on any atom is 0.246 e. The Kier molecular flexibility index (Phi) is 25.1. The standard InChI is InChI=1S/C70H85F2N11O12S2/c1-40(84)61-66(92)79-56(29-41-12-19-50(85)20-13-41)68(94)83-26-7-23-70(83,2)69(95)80-58(62(74)88)39-97-38-43-9-5-8-42(28-43)37-96-27-22-60(87)77-55(10-3-4-24-73)64(90)76-36-51(86)31-46(30-47-35-75-54-21-18-49(72)34-53(47)54)63(89)78-57(67(93)82-25-6-11-59(82)65(91)81-61)32-45-15-14-44-16-17-48(71)33-52(44)45/h5,8-9,12-13,15-21,28,33-35,40,46,55-59,61,75,84-85H,3-4,6-7,10-11,14,22-27,29-32,36-39,73H2,1-2H3,(H2,74,88)(H,76,90)(H,77,87)(H,78,89)(H,79,92)(H,80,95)(H,81,91)/t40-,46-,55+,56+,57+,58+,59+,61+,70+/m1/s1. The molecule has 2 fully saturated rings. The van der Waals surface area contributed by atoms with Crippen LogP contribution >= 0.6 is 23.5 Å². The van der Waals surface area contributed by atoms with Crippen molar-refractivity contribution in [1.82, 2.24) is 46.7 Å². The van der Waals surface area contributed by atoms with Gasteiger partial charge in [0.05, 0.1) is 12.6 Å². The predicted molar refractivity (Wildman–Crippen MR) is 363 cm³/mol. The molecular weight excluding hydrogens is 1290 g/mol. The lowest BCUT2D eigenvalue weighted by atomic mass is 9.91. The van der Waals surface area contributed by atoms with Gasteiger partial charge in [0, 0.05) is 84.8 Å². The van der Waals surface area contributed by atoms with Crippen molar-refractivity contribution in [3.05, 3.63) is 142 Å². The number of H-pyrrole nitrogens is 1. The van der Waals surface area contributed by atoms with Gasteiger partial charge in [0.15, 0.2) is 5.78 Å². The SMILES string of the molecule is C[C@@H](O)[C@@H]1NC(=O)[C@@H]2CCCN2C(=O)[C@H](CC2=CCc3ccc(F)cc32)NC(=O)[C@H](Cc2c[nH]c3ccc(F)cc23)CC(=O)CNC(=O)[C@H](CCCCN)NC(=O)CCSCc2cccc(c2)CSC[C@@H](C(N)=O)NC(=O)[C@]2(C)CCCN2C(=O)[C@H](Cc2ccc(O)cc2)NC1=O. The van der Waals surface area contributed by atoms with E-state index >= 15 is 14.4 Å². The van der Waals surface area contributed by atoms with Crippen LogP contribution in [0.1, 0.15) is 111 Å². The summed E-state index contributed by atoms with van der Waals surface area (Å²) in [5.41, 5.74) is 15.2. The fourth-order valence-corrected chi connectivity index (χ4v) is 14.9. The van der Waals surface area contributed by atoms with Crippen LogP contribution in [0.15, 0.2) is 97.2 Å². The van der Waals surface area contributed by atoms with E-state index in [9.17, 15) is 52.6 Å². The van der Waals surface area contributed by atoms with E-state index in [1.54, 1.807) is 25.3 Å². The first-order valence-corrected chi connectivity index (χ1v) is 35.1. The number of aromatic amines is 1. The number of allylic oxidation sites excluding steroid dienone is 1. The fraction of sp³-hybridized carbons (Fsp3) is 0.457. The van der Waals surface area contributed by atoms with E-state index in [2.05, 4.69) is 36.9 Å². The Morgan fingerprint density at radius 2 is 1.48 bits per heavy atom. The summed E-state index contributed by atoms with van der Waals surface area (Å²) >= 11 is 2.84. The minimum absolute atomic E-state index is 0.0209. The molecule has 9 atom stereocenters. The van der Waals surface area contributed by atoms with Gasteiger partial charge in [-0.05, 0) is 160 Å². The van der Waals surface area contributed by atoms with Crippen LogP contribution < -0.4 is 43.4 Å². The number of nitrogens with two attached hydrogens (primary N) is 2. The van der Waals surface area contributed by atoms with Crippen molar-refractivity contribution in [3.63, 3.8) is 0 Å². The average molecular weight is 1370 g/mol. The molecule has 4 aliphatic rings. The van der Waals surface area contributed by atoms with Crippen molar-refractivity contribution >= 4 is 98.9 Å². The number of unbranched alkanes of at least 4 members (excludes halogenated alkanes) is 1. The van der Waals surface area contributed by atoms with Gasteiger partial charge in [-0.2, -0.15) is 23.5 Å². The van der Waals surface area contributed by atoms with Gasteiger partial charge in [-0.3, -0.25) is 47.9 Å². The summed E-state index contributed by atoms with van der Waals surface area (Å²) in [6.07, 6.45) is 3.16. The Morgan fingerprint density at radius 3 is 2.23 bits per heavy atom. The molecular formula is C70H85F2N11O12S2. The van der Waals surface area contributed by atoms with Crippen LogP contribution in [0.25, 0.3) is 16.5 Å². The molecule has 97 heavy (non-hydrogen) atoms. The third kappa shape index (κ3) is 18.9. The molecule has 27 heteroatoms. The number of halogens is 2. The second-order valence-corrected chi connectivity index (χ2v) is 27.7. The Morgan fingerprint density at radius 1 is 0.763 bits per heavy atom. The minimum atomic E-state index is -1.75. The van der Waals surface area contributed by atoms with Crippen LogP contribution in [0.4, 0.5) is 8.78 Å². The number of hydrogen-bond donors (Lipinski definition) is 11. The summed E-state index contributed by atoms with van der Waals surface area (Å²) in [7, 11) is 0. The zero-order chi connectivity index (χ0) is 69.5. The Bertz CT molecular complexity index is 3780. The number of ketones is 1. The van der Waals surface area contributed by atoms with E-state index in [1.165, 1.54) is 94.8 Å². The highest BCUT2D eigenvalue weighted by Gasteiger charge is 2.49. The fourth-order valence-electron chi connectivity index (χ4n) is 13.0. The molecule has 5 aromatic rings. The summed E-state index contributed by atoms with van der Waals surface area (Å²) in [4.78, 5) is 150. The van der Waals surface area contributed by atoms with Crippen LogP contribution in [0.3, 0.4) is 0 Å². The van der Waals surface area contributed by atoms with E-state index in [1.807, 2.05) is 24.3 Å². The number of phenolic OH excluding ortho intramolecular Hbond substituents is 1. The van der Waals surface area contributed by atoms with Crippen molar-refractivity contribution in [3.8, 4) is 5.75 Å². The smallest absolute Gasteiger partial charge is 0.246 e. The molecule has 13 N–H and O–H groups in total. The normalized spacial score (nSPS) is 24.7. The number of fused-ring (bicyclic) bond motifs is 6. The largest absolute Gasteiger partial charge is 0.508 e. The van der Waals surface area contributed by atoms with Crippen molar-refractivity contribution < 1.29 is 66.9 Å². The second-order valence-electron chi connectivity index (χ2n) is 25.6. The van der Waals surface area contributed by atoms with Gasteiger partial charge >= 0.3 is 0 Å². The summed E-state index contributed by atoms with van der Waals surface area (Å²) in [6.45, 7) is 2.60. The number of aromatic hydroxyl groups is 1. The first-order valence-electron chi connectivity index (χ1n) is 32.8. The van der Waals surface area contributed by atoms with E-state index in [-0.39, 0.29) is 76.0 Å². The van der Waals surface area contributed by atoms with Crippen molar-refractivity contribution in [1.29, 1.82) is 0 Å². The average Bonchev–Trinajstić information content (AvgIpc) is 1.74. The number of aliphatic hydroxyl groups is 1. The first kappa shape index (κ1) is 72.6. The number of nitrogens with one attached hydrogen (secondary N) is 7. The number of hydrogen-bond acceptors (Lipinski definition) is 15. The van der Waals surface area contributed by atoms with Crippen molar-refractivity contribution in [2.75, 3.05) is 37.7 Å². The Labute approximate surface area is 569 Å². The van der Waals surface area contributed by atoms with E-state index in [4.69, 9.17) is 11.5 Å². The van der Waals surface area contributed by atoms with E-state index < -0.39 is 137 Å². The van der Waals surface area contributed by atoms with Crippen LogP contribution in [0, 0.1) is 17.6 Å². The molecule has 9 amide bonds. The van der Waals surface area contributed by atoms with E-state index in [0.717, 1.165) is 16.7 Å².